The molecule has 0 aromatic carbocycles. The normalized spacial score (nSPS) is 9.92. The molecule has 0 fully saturated rings. The molecule has 0 atom stereocenters. The fourth-order valence-electron chi connectivity index (χ4n) is 0.804. The fourth-order valence-corrected chi connectivity index (χ4v) is 0.804. The molecule has 13 heavy (non-hydrogen) atoms. The number of amides is 1. The molecule has 72 valence electrons. The topological polar surface area (TPSA) is 95.6 Å². The van der Waals surface area contributed by atoms with Crippen molar-refractivity contribution in [3.05, 3.63) is 5.82 Å². The largest absolute Gasteiger partial charge is 0.349 e. The molecule has 0 saturated heterocycles. The number of hydrogen-bond donors (Lipinski definition) is 3. The van der Waals surface area contributed by atoms with Gasteiger partial charge in [0.25, 0.3) is 11.7 Å². The van der Waals surface area contributed by atoms with Crippen molar-refractivity contribution in [1.29, 1.82) is 0 Å². The number of aromatic amines is 1. The van der Waals surface area contributed by atoms with Gasteiger partial charge in [-0.1, -0.05) is 0 Å². The molecule has 0 aliphatic heterocycles. The van der Waals surface area contributed by atoms with Crippen LogP contribution in [0.5, 0.6) is 0 Å². The summed E-state index contributed by atoms with van der Waals surface area (Å²) in [4.78, 5) is 11.2. The predicted molar refractivity (Wildman–Crippen MR) is 45.1 cm³/mol. The van der Waals surface area contributed by atoms with Gasteiger partial charge in [-0.25, -0.2) is 0 Å². The Kier molecular flexibility index (Phi) is 3.83. The highest BCUT2D eigenvalue weighted by molar-refractivity contribution is 5.89. The average Bonchev–Trinajstić information content (AvgIpc) is 2.65. The Morgan fingerprint density at radius 3 is 3.00 bits per heavy atom. The van der Waals surface area contributed by atoms with Gasteiger partial charge in [-0.15, -0.1) is 10.2 Å². The maximum Gasteiger partial charge on any atom is 0.292 e. The summed E-state index contributed by atoms with van der Waals surface area (Å²) in [6, 6.07) is 0. The highest BCUT2D eigenvalue weighted by Crippen LogP contribution is 1.82. The van der Waals surface area contributed by atoms with E-state index in [0.29, 0.717) is 6.54 Å². The summed E-state index contributed by atoms with van der Waals surface area (Å²) in [5.41, 5.74) is 0. The van der Waals surface area contributed by atoms with E-state index in [2.05, 4.69) is 31.3 Å². The number of nitrogens with one attached hydrogen (secondary N) is 3. The second kappa shape index (κ2) is 5.20. The first-order valence-corrected chi connectivity index (χ1v) is 4.01. The lowest BCUT2D eigenvalue weighted by atomic mass is 10.4. The van der Waals surface area contributed by atoms with Crippen molar-refractivity contribution in [3.63, 3.8) is 0 Å². The van der Waals surface area contributed by atoms with Crippen LogP contribution >= 0.6 is 0 Å². The highest BCUT2D eigenvalue weighted by Gasteiger charge is 2.08. The van der Waals surface area contributed by atoms with Gasteiger partial charge >= 0.3 is 0 Å². The van der Waals surface area contributed by atoms with Gasteiger partial charge in [0.15, 0.2) is 0 Å². The Balaban J connectivity index is 2.19. The quantitative estimate of drug-likeness (QED) is 0.486. The number of hydrogen-bond acceptors (Lipinski definition) is 5. The van der Waals surface area contributed by atoms with E-state index in [4.69, 9.17) is 0 Å². The minimum atomic E-state index is -0.301. The lowest BCUT2D eigenvalue weighted by molar-refractivity contribution is 0.0943. The standard InChI is InChI=1S/C6H12N6O/c1-7-3-2-4-8-6(13)5-9-11-12-10-5/h7H,2-4H2,1H3,(H,8,13)(H,9,10,11,12). The second-order valence-electron chi connectivity index (χ2n) is 2.45. The molecule has 0 saturated carbocycles. The Labute approximate surface area is 75.3 Å². The van der Waals surface area contributed by atoms with Crippen molar-refractivity contribution in [2.24, 2.45) is 0 Å². The van der Waals surface area contributed by atoms with Crippen LogP contribution in [0.15, 0.2) is 0 Å². The minimum absolute atomic E-state index is 0.0736. The molecule has 1 rings (SSSR count). The van der Waals surface area contributed by atoms with Gasteiger partial charge in [-0.2, -0.15) is 5.21 Å². The van der Waals surface area contributed by atoms with Gasteiger partial charge in [0.2, 0.25) is 0 Å². The molecule has 0 unspecified atom stereocenters. The van der Waals surface area contributed by atoms with E-state index in [1.165, 1.54) is 0 Å². The third kappa shape index (κ3) is 3.16. The lowest BCUT2D eigenvalue weighted by Crippen LogP contribution is -2.27. The summed E-state index contributed by atoms with van der Waals surface area (Å²) < 4.78 is 0. The van der Waals surface area contributed by atoms with Gasteiger partial charge < -0.3 is 10.6 Å². The van der Waals surface area contributed by atoms with Crippen LogP contribution in [0.25, 0.3) is 0 Å². The van der Waals surface area contributed by atoms with E-state index in [-0.39, 0.29) is 11.7 Å². The number of nitrogens with zero attached hydrogens (tertiary/aromatic N) is 3. The van der Waals surface area contributed by atoms with E-state index in [9.17, 15) is 4.79 Å². The summed E-state index contributed by atoms with van der Waals surface area (Å²) in [6.45, 7) is 1.47. The third-order valence-electron chi connectivity index (χ3n) is 1.44. The molecule has 1 amide bonds. The van der Waals surface area contributed by atoms with Crippen molar-refractivity contribution in [3.8, 4) is 0 Å². The van der Waals surface area contributed by atoms with Crippen LogP contribution in [0, 0.1) is 0 Å². The maximum absolute atomic E-state index is 11.2. The summed E-state index contributed by atoms with van der Waals surface area (Å²) in [6.07, 6.45) is 0.875. The maximum atomic E-state index is 11.2. The first kappa shape index (κ1) is 9.59. The average molecular weight is 184 g/mol. The van der Waals surface area contributed by atoms with Crippen molar-refractivity contribution in [1.82, 2.24) is 31.3 Å². The minimum Gasteiger partial charge on any atom is -0.349 e. The van der Waals surface area contributed by atoms with Crippen LogP contribution in [0.4, 0.5) is 0 Å². The van der Waals surface area contributed by atoms with E-state index < -0.39 is 0 Å². The number of H-pyrrole nitrogens is 1. The Hall–Kier alpha value is -1.50. The van der Waals surface area contributed by atoms with E-state index in [1.54, 1.807) is 0 Å². The van der Waals surface area contributed by atoms with Crippen LogP contribution in [0.3, 0.4) is 0 Å². The first-order chi connectivity index (χ1) is 6.34. The SMILES string of the molecule is CNCCCNC(=O)c1nn[nH]n1. The summed E-state index contributed by atoms with van der Waals surface area (Å²) >= 11 is 0. The first-order valence-electron chi connectivity index (χ1n) is 4.01. The molecule has 7 nitrogen and oxygen atoms in total. The fraction of sp³-hybridized carbons (Fsp3) is 0.667. The number of rotatable bonds is 5. The molecular formula is C6H12N6O. The molecule has 1 heterocycles. The van der Waals surface area contributed by atoms with E-state index in [1.807, 2.05) is 7.05 Å². The molecular weight excluding hydrogens is 172 g/mol. The molecule has 0 radical (unpaired) electrons. The molecule has 7 heteroatoms. The van der Waals surface area contributed by atoms with Crippen LogP contribution in [0.1, 0.15) is 17.0 Å². The molecule has 3 N–H and O–H groups in total. The molecule has 1 aromatic heterocycles. The van der Waals surface area contributed by atoms with E-state index >= 15 is 0 Å². The van der Waals surface area contributed by atoms with Crippen molar-refractivity contribution in [2.45, 2.75) is 6.42 Å². The Morgan fingerprint density at radius 1 is 1.54 bits per heavy atom. The second-order valence-corrected chi connectivity index (χ2v) is 2.45. The molecule has 0 aliphatic rings. The van der Waals surface area contributed by atoms with Gasteiger partial charge in [0.1, 0.15) is 0 Å². The Morgan fingerprint density at radius 2 is 2.38 bits per heavy atom. The summed E-state index contributed by atoms with van der Waals surface area (Å²) in [5.74, 6) is -0.227. The molecule has 0 bridgehead atoms. The zero-order chi connectivity index (χ0) is 9.52. The van der Waals surface area contributed by atoms with Gasteiger partial charge in [0, 0.05) is 6.54 Å². The van der Waals surface area contributed by atoms with Crippen LogP contribution in [0.2, 0.25) is 0 Å². The van der Waals surface area contributed by atoms with Crippen molar-refractivity contribution in [2.75, 3.05) is 20.1 Å². The number of aromatic nitrogens is 4. The number of carbonyl (C=O) groups is 1. The van der Waals surface area contributed by atoms with Crippen LogP contribution in [-0.4, -0.2) is 46.7 Å². The monoisotopic (exact) mass is 184 g/mol. The van der Waals surface area contributed by atoms with Crippen molar-refractivity contribution < 1.29 is 4.79 Å². The molecule has 0 aliphatic carbocycles. The highest BCUT2D eigenvalue weighted by atomic mass is 16.2. The van der Waals surface area contributed by atoms with Crippen molar-refractivity contribution >= 4 is 5.91 Å². The predicted octanol–water partition coefficient (Wildman–Crippen LogP) is -1.46. The summed E-state index contributed by atoms with van der Waals surface area (Å²) in [7, 11) is 1.86. The zero-order valence-corrected chi connectivity index (χ0v) is 7.37. The van der Waals surface area contributed by atoms with Gasteiger partial charge in [-0.3, -0.25) is 4.79 Å². The van der Waals surface area contributed by atoms with Gasteiger partial charge in [-0.05, 0) is 25.2 Å². The van der Waals surface area contributed by atoms with E-state index in [0.717, 1.165) is 13.0 Å². The summed E-state index contributed by atoms with van der Waals surface area (Å²) in [5, 5.41) is 18.2. The molecule has 0 spiro atoms. The van der Waals surface area contributed by atoms with Crippen LogP contribution in [-0.2, 0) is 0 Å². The zero-order valence-electron chi connectivity index (χ0n) is 7.37. The lowest BCUT2D eigenvalue weighted by Gasteiger charge is -2.00. The van der Waals surface area contributed by atoms with Gasteiger partial charge in [0.05, 0.1) is 0 Å². The van der Waals surface area contributed by atoms with Crippen LogP contribution < -0.4 is 10.6 Å². The third-order valence-corrected chi connectivity index (χ3v) is 1.44. The number of carbonyl (C=O) groups excluding carboxylic acids is 1. The Bertz CT molecular complexity index is 246. The smallest absolute Gasteiger partial charge is 0.292 e. The molecule has 1 aromatic rings. The number of tetrazole rings is 1.